The SMILES string of the molecule is Cc1ccc(C)c(C(=O)N(CC[NH+](C)C)c2nc3cc4c(cc3s2)OCO4)c1. The molecule has 1 aliphatic rings. The first-order chi connectivity index (χ1) is 13.4. The van der Waals surface area contributed by atoms with Gasteiger partial charge in [0.25, 0.3) is 5.91 Å². The number of nitrogens with zero attached hydrogens (tertiary/aromatic N) is 2. The van der Waals surface area contributed by atoms with Crippen molar-refractivity contribution in [3.8, 4) is 11.5 Å². The first kappa shape index (κ1) is 18.7. The number of nitrogens with one attached hydrogen (secondary N) is 1. The summed E-state index contributed by atoms with van der Waals surface area (Å²) in [5.41, 5.74) is 3.59. The summed E-state index contributed by atoms with van der Waals surface area (Å²) in [6, 6.07) is 9.80. The second-order valence-electron chi connectivity index (χ2n) is 7.40. The number of benzene rings is 2. The van der Waals surface area contributed by atoms with Gasteiger partial charge in [0.15, 0.2) is 16.6 Å². The summed E-state index contributed by atoms with van der Waals surface area (Å²) >= 11 is 1.51. The molecular formula is C21H24N3O3S+. The van der Waals surface area contributed by atoms with Gasteiger partial charge >= 0.3 is 0 Å². The molecule has 6 nitrogen and oxygen atoms in total. The molecule has 0 radical (unpaired) electrons. The highest BCUT2D eigenvalue weighted by Crippen LogP contribution is 2.40. The van der Waals surface area contributed by atoms with Gasteiger partial charge in [-0.3, -0.25) is 9.69 Å². The monoisotopic (exact) mass is 398 g/mol. The van der Waals surface area contributed by atoms with Crippen LogP contribution in [0.15, 0.2) is 30.3 Å². The van der Waals surface area contributed by atoms with E-state index in [0.29, 0.717) is 17.4 Å². The van der Waals surface area contributed by atoms with E-state index < -0.39 is 0 Å². The molecule has 0 atom stereocenters. The number of carbonyl (C=O) groups excluding carboxylic acids is 1. The second-order valence-corrected chi connectivity index (χ2v) is 8.41. The summed E-state index contributed by atoms with van der Waals surface area (Å²) in [5, 5.41) is 0.700. The van der Waals surface area contributed by atoms with Gasteiger partial charge in [-0.25, -0.2) is 4.98 Å². The summed E-state index contributed by atoms with van der Waals surface area (Å²) in [7, 11) is 4.16. The number of thiazole rings is 1. The molecular weight excluding hydrogens is 374 g/mol. The number of likely N-dealkylation sites (N-methyl/N-ethyl adjacent to an activating group) is 1. The Morgan fingerprint density at radius 3 is 2.68 bits per heavy atom. The van der Waals surface area contributed by atoms with E-state index in [0.717, 1.165) is 39.2 Å². The summed E-state index contributed by atoms with van der Waals surface area (Å²) in [5.74, 6) is 1.42. The Labute approximate surface area is 168 Å². The van der Waals surface area contributed by atoms with Crippen molar-refractivity contribution in [1.82, 2.24) is 4.98 Å². The molecule has 0 aliphatic carbocycles. The zero-order chi connectivity index (χ0) is 19.8. The Bertz CT molecular complexity index is 1000. The van der Waals surface area contributed by atoms with Crippen molar-refractivity contribution < 1.29 is 19.2 Å². The number of fused-ring (bicyclic) bond motifs is 2. The maximum atomic E-state index is 13.4. The number of anilines is 1. The van der Waals surface area contributed by atoms with Gasteiger partial charge in [-0.2, -0.15) is 0 Å². The van der Waals surface area contributed by atoms with E-state index in [1.165, 1.54) is 16.2 Å². The quantitative estimate of drug-likeness (QED) is 0.717. The number of hydrogen-bond donors (Lipinski definition) is 1. The molecule has 146 valence electrons. The van der Waals surface area contributed by atoms with Gasteiger partial charge in [0, 0.05) is 17.7 Å². The summed E-state index contributed by atoms with van der Waals surface area (Å²) < 4.78 is 11.9. The molecule has 2 heterocycles. The number of ether oxygens (including phenoxy) is 2. The Morgan fingerprint density at radius 2 is 1.93 bits per heavy atom. The lowest BCUT2D eigenvalue weighted by Gasteiger charge is -2.21. The van der Waals surface area contributed by atoms with Gasteiger partial charge in [0.2, 0.25) is 6.79 Å². The zero-order valence-corrected chi connectivity index (χ0v) is 17.4. The van der Waals surface area contributed by atoms with E-state index in [-0.39, 0.29) is 12.7 Å². The number of hydrogen-bond acceptors (Lipinski definition) is 5. The molecule has 0 spiro atoms. The molecule has 0 saturated heterocycles. The molecule has 1 N–H and O–H groups in total. The van der Waals surface area contributed by atoms with E-state index in [9.17, 15) is 4.79 Å². The zero-order valence-electron chi connectivity index (χ0n) is 16.5. The Balaban J connectivity index is 1.74. The number of rotatable bonds is 5. The Kier molecular flexibility index (Phi) is 4.95. The average molecular weight is 399 g/mol. The van der Waals surface area contributed by atoms with Crippen molar-refractivity contribution in [1.29, 1.82) is 0 Å². The molecule has 28 heavy (non-hydrogen) atoms. The number of carbonyl (C=O) groups is 1. The number of aromatic nitrogens is 1. The van der Waals surface area contributed by atoms with Gasteiger partial charge < -0.3 is 14.4 Å². The van der Waals surface area contributed by atoms with Crippen LogP contribution in [0.5, 0.6) is 11.5 Å². The van der Waals surface area contributed by atoms with Crippen molar-refractivity contribution >= 4 is 32.6 Å². The van der Waals surface area contributed by atoms with Gasteiger partial charge in [-0.15, -0.1) is 0 Å². The minimum absolute atomic E-state index is 0.0125. The predicted octanol–water partition coefficient (Wildman–Crippen LogP) is 2.43. The van der Waals surface area contributed by atoms with Crippen molar-refractivity contribution in [2.24, 2.45) is 0 Å². The van der Waals surface area contributed by atoms with Gasteiger partial charge in [0.1, 0.15) is 0 Å². The molecule has 1 aliphatic heterocycles. The second kappa shape index (κ2) is 7.41. The van der Waals surface area contributed by atoms with Crippen molar-refractivity contribution in [3.05, 3.63) is 47.0 Å². The van der Waals surface area contributed by atoms with Crippen LogP contribution in [-0.4, -0.2) is 44.9 Å². The van der Waals surface area contributed by atoms with Crippen molar-refractivity contribution in [3.63, 3.8) is 0 Å². The van der Waals surface area contributed by atoms with Crippen LogP contribution in [0.1, 0.15) is 21.5 Å². The van der Waals surface area contributed by atoms with Crippen LogP contribution in [0, 0.1) is 13.8 Å². The molecule has 2 aromatic carbocycles. The third-order valence-electron chi connectivity index (χ3n) is 4.81. The topological polar surface area (TPSA) is 56.1 Å². The summed E-state index contributed by atoms with van der Waals surface area (Å²) in [6.45, 7) is 5.64. The highest BCUT2D eigenvalue weighted by molar-refractivity contribution is 7.22. The van der Waals surface area contributed by atoms with Crippen LogP contribution in [-0.2, 0) is 0 Å². The Morgan fingerprint density at radius 1 is 1.18 bits per heavy atom. The number of amides is 1. The standard InChI is InChI=1S/C21H23N3O3S/c1-13-5-6-14(2)15(9-13)20(25)24(8-7-23(3)4)21-22-16-10-17-18(27-12-26-17)11-19(16)28-21/h5-6,9-11H,7-8,12H2,1-4H3/p+1. The molecule has 0 saturated carbocycles. The van der Waals surface area contributed by atoms with Gasteiger partial charge in [-0.05, 0) is 25.5 Å². The number of quaternary nitrogens is 1. The fraction of sp³-hybridized carbons (Fsp3) is 0.333. The fourth-order valence-electron chi connectivity index (χ4n) is 3.15. The van der Waals surface area contributed by atoms with Crippen LogP contribution < -0.4 is 19.3 Å². The van der Waals surface area contributed by atoms with Crippen LogP contribution in [0.4, 0.5) is 5.13 Å². The van der Waals surface area contributed by atoms with E-state index in [4.69, 9.17) is 14.5 Å². The minimum Gasteiger partial charge on any atom is -0.454 e. The maximum absolute atomic E-state index is 13.4. The lowest BCUT2D eigenvalue weighted by Crippen LogP contribution is -3.06. The van der Waals surface area contributed by atoms with E-state index in [1.54, 1.807) is 4.90 Å². The highest BCUT2D eigenvalue weighted by Gasteiger charge is 2.25. The van der Waals surface area contributed by atoms with Gasteiger partial charge in [-0.1, -0.05) is 29.0 Å². The molecule has 0 fully saturated rings. The van der Waals surface area contributed by atoms with E-state index >= 15 is 0 Å². The lowest BCUT2D eigenvalue weighted by atomic mass is 10.0. The summed E-state index contributed by atoms with van der Waals surface area (Å²) in [6.07, 6.45) is 0. The maximum Gasteiger partial charge on any atom is 0.260 e. The first-order valence-corrected chi connectivity index (χ1v) is 10.1. The predicted molar refractivity (Wildman–Crippen MR) is 111 cm³/mol. The summed E-state index contributed by atoms with van der Waals surface area (Å²) in [4.78, 5) is 21.3. The van der Waals surface area contributed by atoms with Crippen molar-refractivity contribution in [2.45, 2.75) is 13.8 Å². The van der Waals surface area contributed by atoms with Crippen molar-refractivity contribution in [2.75, 3.05) is 38.9 Å². The van der Waals surface area contributed by atoms with Crippen LogP contribution in [0.2, 0.25) is 0 Å². The molecule has 7 heteroatoms. The molecule has 3 aromatic rings. The lowest BCUT2D eigenvalue weighted by molar-refractivity contribution is -0.856. The molecule has 4 rings (SSSR count). The average Bonchev–Trinajstić information content (AvgIpc) is 3.27. The number of aryl methyl sites for hydroxylation is 2. The van der Waals surface area contributed by atoms with E-state index in [2.05, 4.69) is 14.1 Å². The largest absolute Gasteiger partial charge is 0.454 e. The highest BCUT2D eigenvalue weighted by atomic mass is 32.1. The van der Waals surface area contributed by atoms with Gasteiger partial charge in [0.05, 0.1) is 37.4 Å². The minimum atomic E-state index is -0.0125. The van der Waals surface area contributed by atoms with Crippen LogP contribution >= 0.6 is 11.3 Å². The third kappa shape index (κ3) is 3.55. The fourth-order valence-corrected chi connectivity index (χ4v) is 4.15. The van der Waals surface area contributed by atoms with Crippen LogP contribution in [0.3, 0.4) is 0 Å². The molecule has 0 unspecified atom stereocenters. The first-order valence-electron chi connectivity index (χ1n) is 9.30. The smallest absolute Gasteiger partial charge is 0.260 e. The molecule has 1 amide bonds. The molecule has 1 aromatic heterocycles. The molecule has 0 bridgehead atoms. The Hall–Kier alpha value is -2.64. The third-order valence-corrected chi connectivity index (χ3v) is 5.85. The normalized spacial score (nSPS) is 12.8. The van der Waals surface area contributed by atoms with E-state index in [1.807, 2.05) is 44.2 Å². The van der Waals surface area contributed by atoms with Crippen LogP contribution in [0.25, 0.3) is 10.2 Å².